The van der Waals surface area contributed by atoms with Gasteiger partial charge in [0.15, 0.2) is 6.61 Å². The van der Waals surface area contributed by atoms with Gasteiger partial charge in [0.2, 0.25) is 11.7 Å². The first-order valence-corrected chi connectivity index (χ1v) is 8.30. The molecule has 0 fully saturated rings. The van der Waals surface area contributed by atoms with E-state index in [4.69, 9.17) is 9.26 Å². The number of fused-ring (bicyclic) bond motifs is 1. The number of hydrogen-bond donors (Lipinski definition) is 1. The molecular weight excluding hydrogens is 342 g/mol. The Labute approximate surface area is 154 Å². The summed E-state index contributed by atoms with van der Waals surface area (Å²) in [5.74, 6) is 2.22. The number of ether oxygens (including phenoxy) is 1. The monoisotopic (exact) mass is 357 g/mol. The lowest BCUT2D eigenvalue weighted by molar-refractivity contribution is 0.285. The standard InChI is InChI=1S/C20H15N5O2/c1-13-22-19(25-27-13)12-26-16-8-6-14(7-9-16)10-15(11-21)20-23-17-4-2-3-5-18(17)24-20/h2-10H,12H2,1H3,(H,23,24)/b15-10-. The van der Waals surface area contributed by atoms with Crippen LogP contribution >= 0.6 is 0 Å². The fraction of sp³-hybridized carbons (Fsp3) is 0.100. The van der Waals surface area contributed by atoms with E-state index >= 15 is 0 Å². The zero-order chi connectivity index (χ0) is 18.6. The third kappa shape index (κ3) is 3.70. The third-order valence-corrected chi connectivity index (χ3v) is 3.89. The number of H-pyrrole nitrogens is 1. The van der Waals surface area contributed by atoms with Gasteiger partial charge >= 0.3 is 0 Å². The molecule has 0 aliphatic heterocycles. The predicted octanol–water partition coefficient (Wildman–Crippen LogP) is 3.90. The zero-order valence-corrected chi connectivity index (χ0v) is 14.5. The molecular formula is C20H15N5O2. The van der Waals surface area contributed by atoms with Gasteiger partial charge < -0.3 is 14.2 Å². The first-order chi connectivity index (χ1) is 13.2. The van der Waals surface area contributed by atoms with Crippen LogP contribution in [0.2, 0.25) is 0 Å². The number of nitriles is 1. The molecule has 0 saturated heterocycles. The number of aromatic amines is 1. The van der Waals surface area contributed by atoms with Crippen molar-refractivity contribution in [2.75, 3.05) is 0 Å². The number of rotatable bonds is 5. The van der Waals surface area contributed by atoms with Crippen molar-refractivity contribution in [3.8, 4) is 11.8 Å². The molecule has 1 N–H and O–H groups in total. The highest BCUT2D eigenvalue weighted by molar-refractivity contribution is 5.90. The first kappa shape index (κ1) is 16.5. The van der Waals surface area contributed by atoms with Crippen molar-refractivity contribution in [3.63, 3.8) is 0 Å². The van der Waals surface area contributed by atoms with Crippen LogP contribution in [0.25, 0.3) is 22.7 Å². The first-order valence-electron chi connectivity index (χ1n) is 8.30. The zero-order valence-electron chi connectivity index (χ0n) is 14.5. The van der Waals surface area contributed by atoms with Crippen molar-refractivity contribution in [3.05, 3.63) is 71.6 Å². The summed E-state index contributed by atoms with van der Waals surface area (Å²) in [4.78, 5) is 11.7. The van der Waals surface area contributed by atoms with E-state index in [9.17, 15) is 5.26 Å². The van der Waals surface area contributed by atoms with Gasteiger partial charge in [-0.25, -0.2) is 4.98 Å². The van der Waals surface area contributed by atoms with Crippen LogP contribution in [-0.4, -0.2) is 20.1 Å². The van der Waals surface area contributed by atoms with E-state index in [2.05, 4.69) is 26.2 Å². The van der Waals surface area contributed by atoms with Crippen LogP contribution in [0.4, 0.5) is 0 Å². The SMILES string of the molecule is Cc1nc(COc2ccc(/C=C(/C#N)c3nc4ccccc4[nH]3)cc2)no1. The average molecular weight is 357 g/mol. The van der Waals surface area contributed by atoms with Gasteiger partial charge in [-0.1, -0.05) is 29.4 Å². The van der Waals surface area contributed by atoms with Crippen LogP contribution in [0.15, 0.2) is 53.1 Å². The smallest absolute Gasteiger partial charge is 0.223 e. The summed E-state index contributed by atoms with van der Waals surface area (Å²) in [7, 11) is 0. The van der Waals surface area contributed by atoms with E-state index in [1.54, 1.807) is 13.0 Å². The molecule has 0 aliphatic rings. The lowest BCUT2D eigenvalue weighted by atomic mass is 10.1. The van der Waals surface area contributed by atoms with Crippen LogP contribution in [0.3, 0.4) is 0 Å². The van der Waals surface area contributed by atoms with Gasteiger partial charge in [0.05, 0.1) is 16.6 Å². The molecule has 2 heterocycles. The van der Waals surface area contributed by atoms with E-state index in [0.29, 0.717) is 28.9 Å². The molecule has 0 aliphatic carbocycles. The van der Waals surface area contributed by atoms with E-state index in [1.807, 2.05) is 48.5 Å². The number of nitrogens with zero attached hydrogens (tertiary/aromatic N) is 4. The summed E-state index contributed by atoms with van der Waals surface area (Å²) in [6, 6.07) is 17.3. The lowest BCUT2D eigenvalue weighted by Crippen LogP contribution is -1.97. The number of aromatic nitrogens is 4. The molecule has 0 bridgehead atoms. The second-order valence-corrected chi connectivity index (χ2v) is 5.86. The number of imidazole rings is 1. The number of aryl methyl sites for hydroxylation is 1. The van der Waals surface area contributed by atoms with Crippen molar-refractivity contribution in [2.24, 2.45) is 0 Å². The Morgan fingerprint density at radius 2 is 2.00 bits per heavy atom. The minimum atomic E-state index is 0.231. The van der Waals surface area contributed by atoms with Gasteiger partial charge in [0.1, 0.15) is 17.6 Å². The Hall–Kier alpha value is -3.92. The maximum absolute atomic E-state index is 9.51. The highest BCUT2D eigenvalue weighted by Crippen LogP contribution is 2.21. The Balaban J connectivity index is 1.50. The Morgan fingerprint density at radius 1 is 1.19 bits per heavy atom. The van der Waals surface area contributed by atoms with E-state index in [1.165, 1.54) is 0 Å². The molecule has 0 spiro atoms. The summed E-state index contributed by atoms with van der Waals surface area (Å²) in [5.41, 5.74) is 3.06. The molecule has 0 atom stereocenters. The van der Waals surface area contributed by atoms with Crippen molar-refractivity contribution in [2.45, 2.75) is 13.5 Å². The summed E-state index contributed by atoms with van der Waals surface area (Å²) in [6.07, 6.45) is 1.78. The molecule has 0 amide bonds. The van der Waals surface area contributed by atoms with Crippen molar-refractivity contribution in [1.82, 2.24) is 20.1 Å². The molecule has 0 saturated carbocycles. The van der Waals surface area contributed by atoms with E-state index in [-0.39, 0.29) is 6.61 Å². The topological polar surface area (TPSA) is 101 Å². The number of nitrogens with one attached hydrogen (secondary N) is 1. The molecule has 27 heavy (non-hydrogen) atoms. The van der Waals surface area contributed by atoms with Crippen LogP contribution in [0.5, 0.6) is 5.75 Å². The normalized spacial score (nSPS) is 11.5. The van der Waals surface area contributed by atoms with Gasteiger partial charge in [0.25, 0.3) is 0 Å². The molecule has 4 aromatic rings. The fourth-order valence-electron chi connectivity index (χ4n) is 2.61. The van der Waals surface area contributed by atoms with Gasteiger partial charge in [-0.05, 0) is 35.9 Å². The summed E-state index contributed by atoms with van der Waals surface area (Å²) in [6.45, 7) is 1.96. The van der Waals surface area contributed by atoms with Crippen molar-refractivity contribution in [1.29, 1.82) is 5.26 Å². The lowest BCUT2D eigenvalue weighted by Gasteiger charge is -2.03. The Kier molecular flexibility index (Phi) is 4.37. The maximum atomic E-state index is 9.51. The molecule has 0 unspecified atom stereocenters. The molecule has 132 valence electrons. The number of hydrogen-bond acceptors (Lipinski definition) is 6. The highest BCUT2D eigenvalue weighted by Gasteiger charge is 2.08. The van der Waals surface area contributed by atoms with Crippen molar-refractivity contribution >= 4 is 22.7 Å². The minimum Gasteiger partial charge on any atom is -0.485 e. The van der Waals surface area contributed by atoms with Gasteiger partial charge in [-0.2, -0.15) is 10.2 Å². The van der Waals surface area contributed by atoms with Crippen molar-refractivity contribution < 1.29 is 9.26 Å². The van der Waals surface area contributed by atoms with Crippen LogP contribution in [0.1, 0.15) is 23.1 Å². The number of para-hydroxylation sites is 2. The minimum absolute atomic E-state index is 0.231. The third-order valence-electron chi connectivity index (χ3n) is 3.89. The number of benzene rings is 2. The van der Waals surface area contributed by atoms with Gasteiger partial charge in [-0.15, -0.1) is 0 Å². The van der Waals surface area contributed by atoms with Crippen LogP contribution in [0, 0.1) is 18.3 Å². The maximum Gasteiger partial charge on any atom is 0.223 e. The molecule has 2 aromatic carbocycles. The quantitative estimate of drug-likeness (QED) is 0.544. The fourth-order valence-corrected chi connectivity index (χ4v) is 2.61. The summed E-state index contributed by atoms with van der Waals surface area (Å²) >= 11 is 0. The Bertz CT molecular complexity index is 1120. The molecule has 4 rings (SSSR count). The molecule has 7 heteroatoms. The Morgan fingerprint density at radius 3 is 2.70 bits per heavy atom. The number of allylic oxidation sites excluding steroid dienone is 1. The largest absolute Gasteiger partial charge is 0.485 e. The van der Waals surface area contributed by atoms with E-state index < -0.39 is 0 Å². The van der Waals surface area contributed by atoms with Gasteiger partial charge in [0, 0.05) is 6.92 Å². The second kappa shape index (κ2) is 7.14. The molecule has 0 radical (unpaired) electrons. The highest BCUT2D eigenvalue weighted by atomic mass is 16.5. The molecule has 7 nitrogen and oxygen atoms in total. The second-order valence-electron chi connectivity index (χ2n) is 5.86. The van der Waals surface area contributed by atoms with Crippen LogP contribution in [-0.2, 0) is 6.61 Å². The molecule has 2 aromatic heterocycles. The van der Waals surface area contributed by atoms with Gasteiger partial charge in [-0.3, -0.25) is 0 Å². The summed E-state index contributed by atoms with van der Waals surface area (Å²) in [5, 5.41) is 13.3. The predicted molar refractivity (Wildman–Crippen MR) is 99.4 cm³/mol. The average Bonchev–Trinajstić information content (AvgIpc) is 3.31. The summed E-state index contributed by atoms with van der Waals surface area (Å²) < 4.78 is 10.5. The van der Waals surface area contributed by atoms with Crippen LogP contribution < -0.4 is 4.74 Å². The van der Waals surface area contributed by atoms with E-state index in [0.717, 1.165) is 16.6 Å².